The van der Waals surface area contributed by atoms with Crippen molar-refractivity contribution in [3.8, 4) is 0 Å². The molecule has 1 aliphatic heterocycles. The summed E-state index contributed by atoms with van der Waals surface area (Å²) in [4.78, 5) is 22.4. The Morgan fingerprint density at radius 1 is 1.46 bits per heavy atom. The summed E-state index contributed by atoms with van der Waals surface area (Å²) in [6, 6.07) is 3.25. The fraction of sp³-hybridized carbons (Fsp3) is 0.529. The Morgan fingerprint density at radius 2 is 2.29 bits per heavy atom. The molecule has 1 aliphatic rings. The highest BCUT2D eigenvalue weighted by Gasteiger charge is 2.30. The maximum Gasteiger partial charge on any atom is 0.337 e. The maximum absolute atomic E-state index is 11.4. The molecule has 7 nitrogen and oxygen atoms in total. The Morgan fingerprint density at radius 3 is 3.00 bits per heavy atom. The number of piperidine rings is 1. The molecule has 1 fully saturated rings. The molecule has 0 saturated carbocycles. The van der Waals surface area contributed by atoms with Gasteiger partial charge in [0.15, 0.2) is 5.82 Å². The lowest BCUT2D eigenvalue weighted by Gasteiger charge is -2.33. The van der Waals surface area contributed by atoms with Crippen molar-refractivity contribution in [2.75, 3.05) is 6.54 Å². The number of aromatic carboxylic acids is 1. The first-order valence-corrected chi connectivity index (χ1v) is 8.31. The average molecular weight is 330 g/mol. The van der Waals surface area contributed by atoms with Crippen molar-refractivity contribution in [1.29, 1.82) is 0 Å². The number of hydrogen-bond acceptors (Lipinski definition) is 6. The van der Waals surface area contributed by atoms with Crippen LogP contribution >= 0.6 is 0 Å². The molecule has 2 aromatic rings. The van der Waals surface area contributed by atoms with Gasteiger partial charge in [0.2, 0.25) is 5.89 Å². The number of carboxylic acids is 1. The summed E-state index contributed by atoms with van der Waals surface area (Å²) in [5.74, 6) is 0.589. The smallest absolute Gasteiger partial charge is 0.337 e. The number of nitrogens with zero attached hydrogens (tertiary/aromatic N) is 4. The van der Waals surface area contributed by atoms with Gasteiger partial charge in [0.05, 0.1) is 17.3 Å². The van der Waals surface area contributed by atoms with Crippen LogP contribution in [0.1, 0.15) is 72.8 Å². The first kappa shape index (κ1) is 16.6. The van der Waals surface area contributed by atoms with Gasteiger partial charge in [0.1, 0.15) is 0 Å². The zero-order valence-corrected chi connectivity index (χ0v) is 14.0. The van der Waals surface area contributed by atoms with Crippen molar-refractivity contribution in [3.05, 3.63) is 41.3 Å². The zero-order valence-electron chi connectivity index (χ0n) is 14.0. The largest absolute Gasteiger partial charge is 0.478 e. The van der Waals surface area contributed by atoms with Gasteiger partial charge in [-0.1, -0.05) is 25.4 Å². The SMILES string of the molecule is CC(C)c1noc([C@H]2CCCCN2Cc2ncccc2C(=O)O)n1. The molecular formula is C17H22N4O3. The third-order valence-electron chi connectivity index (χ3n) is 4.35. The van der Waals surface area contributed by atoms with Crippen molar-refractivity contribution in [1.82, 2.24) is 20.0 Å². The third-order valence-corrected chi connectivity index (χ3v) is 4.35. The van der Waals surface area contributed by atoms with Gasteiger partial charge < -0.3 is 9.63 Å². The second-order valence-electron chi connectivity index (χ2n) is 6.43. The van der Waals surface area contributed by atoms with E-state index in [2.05, 4.69) is 20.0 Å². The second kappa shape index (κ2) is 7.09. The fourth-order valence-electron chi connectivity index (χ4n) is 3.03. The number of aromatic nitrogens is 3. The summed E-state index contributed by atoms with van der Waals surface area (Å²) in [7, 11) is 0. The molecule has 0 aliphatic carbocycles. The molecule has 0 radical (unpaired) electrons. The van der Waals surface area contributed by atoms with E-state index in [1.165, 1.54) is 0 Å². The molecule has 24 heavy (non-hydrogen) atoms. The number of rotatable bonds is 5. The molecule has 128 valence electrons. The third kappa shape index (κ3) is 3.46. The Kier molecular flexibility index (Phi) is 4.89. The van der Waals surface area contributed by atoms with Crippen LogP contribution in [-0.4, -0.2) is 37.6 Å². The first-order valence-electron chi connectivity index (χ1n) is 8.31. The Balaban J connectivity index is 1.83. The summed E-state index contributed by atoms with van der Waals surface area (Å²) in [6.07, 6.45) is 4.71. The van der Waals surface area contributed by atoms with Crippen LogP contribution in [0.3, 0.4) is 0 Å². The molecule has 3 heterocycles. The van der Waals surface area contributed by atoms with E-state index in [4.69, 9.17) is 4.52 Å². The molecule has 0 spiro atoms. The lowest BCUT2D eigenvalue weighted by atomic mass is 10.0. The van der Waals surface area contributed by atoms with Crippen LogP contribution < -0.4 is 0 Å². The van der Waals surface area contributed by atoms with Gasteiger partial charge >= 0.3 is 5.97 Å². The molecule has 7 heteroatoms. The van der Waals surface area contributed by atoms with Crippen LogP contribution in [0.4, 0.5) is 0 Å². The molecule has 3 rings (SSSR count). The highest BCUT2D eigenvalue weighted by atomic mass is 16.5. The molecule has 0 amide bonds. The van der Waals surface area contributed by atoms with E-state index in [1.807, 2.05) is 13.8 Å². The topological polar surface area (TPSA) is 92.4 Å². The number of pyridine rings is 1. The molecule has 1 saturated heterocycles. The minimum absolute atomic E-state index is 0.0161. The van der Waals surface area contributed by atoms with Crippen LogP contribution in [0.5, 0.6) is 0 Å². The van der Waals surface area contributed by atoms with E-state index < -0.39 is 5.97 Å². The lowest BCUT2D eigenvalue weighted by Crippen LogP contribution is -2.34. The Bertz CT molecular complexity index is 713. The van der Waals surface area contributed by atoms with Gasteiger partial charge in [0, 0.05) is 18.7 Å². The predicted molar refractivity (Wildman–Crippen MR) is 86.6 cm³/mol. The van der Waals surface area contributed by atoms with E-state index in [-0.39, 0.29) is 17.5 Å². The number of carbonyl (C=O) groups is 1. The van der Waals surface area contributed by atoms with Crippen molar-refractivity contribution in [2.24, 2.45) is 0 Å². The van der Waals surface area contributed by atoms with Gasteiger partial charge in [-0.3, -0.25) is 9.88 Å². The molecule has 2 aromatic heterocycles. The average Bonchev–Trinajstić information content (AvgIpc) is 3.06. The number of carboxylic acid groups (broad SMARTS) is 1. The van der Waals surface area contributed by atoms with Crippen molar-refractivity contribution in [2.45, 2.75) is 51.6 Å². The lowest BCUT2D eigenvalue weighted by molar-refractivity contribution is 0.0689. The van der Waals surface area contributed by atoms with Crippen LogP contribution in [-0.2, 0) is 6.54 Å². The monoisotopic (exact) mass is 330 g/mol. The van der Waals surface area contributed by atoms with Crippen LogP contribution in [0.2, 0.25) is 0 Å². The summed E-state index contributed by atoms with van der Waals surface area (Å²) in [5.41, 5.74) is 0.815. The van der Waals surface area contributed by atoms with Gasteiger partial charge in [-0.2, -0.15) is 4.98 Å². The summed E-state index contributed by atoms with van der Waals surface area (Å²) in [6.45, 7) is 5.38. The molecule has 0 aromatic carbocycles. The Hall–Kier alpha value is -2.28. The minimum Gasteiger partial charge on any atom is -0.478 e. The quantitative estimate of drug-likeness (QED) is 0.900. The van der Waals surface area contributed by atoms with Crippen molar-refractivity contribution >= 4 is 5.97 Å². The van der Waals surface area contributed by atoms with Crippen LogP contribution in [0, 0.1) is 0 Å². The van der Waals surface area contributed by atoms with Crippen molar-refractivity contribution < 1.29 is 14.4 Å². The fourth-order valence-corrected chi connectivity index (χ4v) is 3.03. The molecule has 0 bridgehead atoms. The van der Waals surface area contributed by atoms with Gasteiger partial charge in [-0.15, -0.1) is 0 Å². The highest BCUT2D eigenvalue weighted by molar-refractivity contribution is 5.88. The zero-order chi connectivity index (χ0) is 17.1. The molecule has 0 unspecified atom stereocenters. The summed E-state index contributed by atoms with van der Waals surface area (Å²) >= 11 is 0. The number of hydrogen-bond donors (Lipinski definition) is 1. The van der Waals surface area contributed by atoms with Gasteiger partial charge in [-0.25, -0.2) is 4.79 Å². The molecule has 1 N–H and O–H groups in total. The van der Waals surface area contributed by atoms with Crippen LogP contribution in [0.25, 0.3) is 0 Å². The maximum atomic E-state index is 11.4. The van der Waals surface area contributed by atoms with E-state index in [0.29, 0.717) is 24.0 Å². The molecule has 1 atom stereocenters. The van der Waals surface area contributed by atoms with E-state index in [0.717, 1.165) is 25.8 Å². The van der Waals surface area contributed by atoms with E-state index in [9.17, 15) is 9.90 Å². The Labute approximate surface area is 140 Å². The first-order chi connectivity index (χ1) is 11.6. The van der Waals surface area contributed by atoms with Crippen molar-refractivity contribution in [3.63, 3.8) is 0 Å². The summed E-state index contributed by atoms with van der Waals surface area (Å²) in [5, 5.41) is 13.4. The second-order valence-corrected chi connectivity index (χ2v) is 6.43. The standard InChI is InChI=1S/C17H22N4O3/c1-11(2)15-19-16(24-20-15)14-7-3-4-9-21(14)10-13-12(17(22)23)6-5-8-18-13/h5-6,8,11,14H,3-4,7,9-10H2,1-2H3,(H,22,23)/t14-/m1/s1. The van der Waals surface area contributed by atoms with Gasteiger partial charge in [0.25, 0.3) is 0 Å². The minimum atomic E-state index is -0.952. The van der Waals surface area contributed by atoms with Gasteiger partial charge in [-0.05, 0) is 31.5 Å². The predicted octanol–water partition coefficient (Wildman–Crippen LogP) is 3.01. The normalized spacial score (nSPS) is 18.9. The van der Waals surface area contributed by atoms with E-state index >= 15 is 0 Å². The summed E-state index contributed by atoms with van der Waals surface area (Å²) < 4.78 is 5.47. The number of likely N-dealkylation sites (tertiary alicyclic amines) is 1. The van der Waals surface area contributed by atoms with Crippen LogP contribution in [0.15, 0.2) is 22.9 Å². The molecular weight excluding hydrogens is 308 g/mol. The van der Waals surface area contributed by atoms with E-state index in [1.54, 1.807) is 18.3 Å². The highest BCUT2D eigenvalue weighted by Crippen LogP contribution is 2.32.